The van der Waals surface area contributed by atoms with Crippen LogP contribution in [0, 0.1) is 0 Å². The first-order valence-corrected chi connectivity index (χ1v) is 3.28. The second-order valence-corrected chi connectivity index (χ2v) is 2.21. The molecule has 4 nitrogen and oxygen atoms in total. The summed E-state index contributed by atoms with van der Waals surface area (Å²) >= 11 is 0. The SMILES string of the molecule is c1cn(Cc2cocn2)cn1. The van der Waals surface area contributed by atoms with Crippen molar-refractivity contribution in [2.45, 2.75) is 6.54 Å². The van der Waals surface area contributed by atoms with E-state index in [0.29, 0.717) is 0 Å². The lowest BCUT2D eigenvalue weighted by Crippen LogP contribution is -1.95. The molecule has 0 unspecified atom stereocenters. The summed E-state index contributed by atoms with van der Waals surface area (Å²) in [6.45, 7) is 0.719. The maximum Gasteiger partial charge on any atom is 0.180 e. The predicted molar refractivity (Wildman–Crippen MR) is 37.8 cm³/mol. The molecule has 56 valence electrons. The summed E-state index contributed by atoms with van der Waals surface area (Å²) in [7, 11) is 0. The monoisotopic (exact) mass is 149 g/mol. The van der Waals surface area contributed by atoms with Gasteiger partial charge in [0.15, 0.2) is 6.39 Å². The van der Waals surface area contributed by atoms with Crippen LogP contribution in [0.25, 0.3) is 0 Å². The average molecular weight is 149 g/mol. The van der Waals surface area contributed by atoms with E-state index >= 15 is 0 Å². The molecule has 4 heteroatoms. The Kier molecular flexibility index (Phi) is 1.44. The van der Waals surface area contributed by atoms with E-state index in [1.54, 1.807) is 18.8 Å². The first-order valence-electron chi connectivity index (χ1n) is 3.28. The molecule has 0 bridgehead atoms. The van der Waals surface area contributed by atoms with Gasteiger partial charge in [0.1, 0.15) is 6.26 Å². The van der Waals surface area contributed by atoms with E-state index in [9.17, 15) is 0 Å². The van der Waals surface area contributed by atoms with Crippen LogP contribution in [0.4, 0.5) is 0 Å². The van der Waals surface area contributed by atoms with Gasteiger partial charge >= 0.3 is 0 Å². The minimum absolute atomic E-state index is 0.719. The Balaban J connectivity index is 2.14. The van der Waals surface area contributed by atoms with Crippen molar-refractivity contribution < 1.29 is 4.42 Å². The van der Waals surface area contributed by atoms with Gasteiger partial charge in [-0.1, -0.05) is 0 Å². The molecule has 2 aromatic heterocycles. The third-order valence-electron chi connectivity index (χ3n) is 1.39. The number of hydrogen-bond donors (Lipinski definition) is 0. The fraction of sp³-hybridized carbons (Fsp3) is 0.143. The Morgan fingerprint density at radius 1 is 1.55 bits per heavy atom. The van der Waals surface area contributed by atoms with Gasteiger partial charge in [0, 0.05) is 12.4 Å². The molecule has 2 heterocycles. The number of nitrogens with zero attached hydrogens (tertiary/aromatic N) is 3. The van der Waals surface area contributed by atoms with Gasteiger partial charge in [0.2, 0.25) is 0 Å². The second-order valence-electron chi connectivity index (χ2n) is 2.21. The van der Waals surface area contributed by atoms with Crippen molar-refractivity contribution in [2.24, 2.45) is 0 Å². The summed E-state index contributed by atoms with van der Waals surface area (Å²) in [5, 5.41) is 0. The van der Waals surface area contributed by atoms with E-state index in [4.69, 9.17) is 4.42 Å². The van der Waals surface area contributed by atoms with Gasteiger partial charge in [-0.3, -0.25) is 0 Å². The van der Waals surface area contributed by atoms with E-state index in [2.05, 4.69) is 9.97 Å². The number of aromatic nitrogens is 3. The number of rotatable bonds is 2. The first kappa shape index (κ1) is 6.15. The highest BCUT2D eigenvalue weighted by Gasteiger charge is 1.95. The van der Waals surface area contributed by atoms with Gasteiger partial charge in [-0.15, -0.1) is 0 Å². The Morgan fingerprint density at radius 3 is 3.18 bits per heavy atom. The van der Waals surface area contributed by atoms with Gasteiger partial charge in [-0.25, -0.2) is 9.97 Å². The number of hydrogen-bond acceptors (Lipinski definition) is 3. The molecule has 2 rings (SSSR count). The summed E-state index contributed by atoms with van der Waals surface area (Å²) < 4.78 is 6.75. The highest BCUT2D eigenvalue weighted by atomic mass is 16.3. The van der Waals surface area contributed by atoms with E-state index in [1.165, 1.54) is 6.39 Å². The third-order valence-corrected chi connectivity index (χ3v) is 1.39. The normalized spacial score (nSPS) is 10.2. The Bertz CT molecular complexity index is 266. The molecule has 0 fully saturated rings. The van der Waals surface area contributed by atoms with Crippen molar-refractivity contribution in [1.82, 2.24) is 14.5 Å². The van der Waals surface area contributed by atoms with Gasteiger partial charge in [0.05, 0.1) is 18.6 Å². The van der Waals surface area contributed by atoms with Crippen molar-refractivity contribution >= 4 is 0 Å². The van der Waals surface area contributed by atoms with E-state index in [-0.39, 0.29) is 0 Å². The van der Waals surface area contributed by atoms with Crippen LogP contribution in [0.1, 0.15) is 5.69 Å². The van der Waals surface area contributed by atoms with E-state index < -0.39 is 0 Å². The number of oxazole rings is 1. The topological polar surface area (TPSA) is 43.9 Å². The van der Waals surface area contributed by atoms with Crippen LogP contribution >= 0.6 is 0 Å². The van der Waals surface area contributed by atoms with Crippen molar-refractivity contribution in [3.8, 4) is 0 Å². The largest absolute Gasteiger partial charge is 0.451 e. The zero-order chi connectivity index (χ0) is 7.52. The molecule has 0 aliphatic heterocycles. The molecular formula is C7H7N3O. The molecule has 0 spiro atoms. The molecule has 0 radical (unpaired) electrons. The standard InChI is InChI=1S/C7H7N3O/c1-2-10(5-8-1)3-7-4-11-6-9-7/h1-2,4-6H,3H2. The molecule has 11 heavy (non-hydrogen) atoms. The molecule has 0 aliphatic rings. The molecule has 0 aliphatic carbocycles. The maximum absolute atomic E-state index is 4.82. The maximum atomic E-state index is 4.82. The van der Waals surface area contributed by atoms with Crippen molar-refractivity contribution in [1.29, 1.82) is 0 Å². The summed E-state index contributed by atoms with van der Waals surface area (Å²) in [4.78, 5) is 7.88. The van der Waals surface area contributed by atoms with Gasteiger partial charge in [-0.05, 0) is 0 Å². The lowest BCUT2D eigenvalue weighted by Gasteiger charge is -1.94. The third kappa shape index (κ3) is 1.29. The van der Waals surface area contributed by atoms with Crippen LogP contribution < -0.4 is 0 Å². The van der Waals surface area contributed by atoms with Crippen molar-refractivity contribution in [2.75, 3.05) is 0 Å². The number of imidazole rings is 1. The summed E-state index contributed by atoms with van der Waals surface area (Å²) in [6.07, 6.45) is 8.41. The van der Waals surface area contributed by atoms with Crippen molar-refractivity contribution in [3.05, 3.63) is 37.1 Å². The molecule has 0 saturated carbocycles. The fourth-order valence-electron chi connectivity index (χ4n) is 0.883. The van der Waals surface area contributed by atoms with Crippen LogP contribution in [0.15, 0.2) is 35.8 Å². The molecular weight excluding hydrogens is 142 g/mol. The quantitative estimate of drug-likeness (QED) is 0.637. The lowest BCUT2D eigenvalue weighted by molar-refractivity contribution is 0.555. The van der Waals surface area contributed by atoms with Gasteiger partial charge < -0.3 is 8.98 Å². The Morgan fingerprint density at radius 2 is 2.55 bits per heavy atom. The van der Waals surface area contributed by atoms with E-state index in [0.717, 1.165) is 12.2 Å². The smallest absolute Gasteiger partial charge is 0.180 e. The summed E-state index contributed by atoms with van der Waals surface area (Å²) in [5.74, 6) is 0. The molecule has 0 atom stereocenters. The molecule has 0 N–H and O–H groups in total. The van der Waals surface area contributed by atoms with Crippen LogP contribution in [0.2, 0.25) is 0 Å². The summed E-state index contributed by atoms with van der Waals surface area (Å²) in [5.41, 5.74) is 0.906. The predicted octanol–water partition coefficient (Wildman–Crippen LogP) is 0.919. The van der Waals surface area contributed by atoms with Crippen LogP contribution in [-0.2, 0) is 6.54 Å². The van der Waals surface area contributed by atoms with Crippen LogP contribution in [0.5, 0.6) is 0 Å². The molecule has 0 saturated heterocycles. The minimum atomic E-state index is 0.719. The molecule has 0 aromatic carbocycles. The minimum Gasteiger partial charge on any atom is -0.451 e. The highest BCUT2D eigenvalue weighted by molar-refractivity contribution is 4.93. The van der Waals surface area contributed by atoms with Gasteiger partial charge in [0.25, 0.3) is 0 Å². The van der Waals surface area contributed by atoms with Crippen LogP contribution in [0.3, 0.4) is 0 Å². The average Bonchev–Trinajstić information content (AvgIpc) is 2.60. The second kappa shape index (κ2) is 2.57. The van der Waals surface area contributed by atoms with Crippen molar-refractivity contribution in [3.63, 3.8) is 0 Å². The van der Waals surface area contributed by atoms with Crippen LogP contribution in [-0.4, -0.2) is 14.5 Å². The Hall–Kier alpha value is -1.58. The van der Waals surface area contributed by atoms with Gasteiger partial charge in [-0.2, -0.15) is 0 Å². The molecule has 2 aromatic rings. The Labute approximate surface area is 63.5 Å². The lowest BCUT2D eigenvalue weighted by atomic mass is 10.5. The summed E-state index contributed by atoms with van der Waals surface area (Å²) in [6, 6.07) is 0. The highest BCUT2D eigenvalue weighted by Crippen LogP contribution is 1.97. The zero-order valence-corrected chi connectivity index (χ0v) is 5.84. The first-order chi connectivity index (χ1) is 5.45. The molecule has 0 amide bonds. The zero-order valence-electron chi connectivity index (χ0n) is 5.84. The fourth-order valence-corrected chi connectivity index (χ4v) is 0.883. The van der Waals surface area contributed by atoms with E-state index in [1.807, 2.05) is 10.8 Å².